The molecule has 0 aromatic heterocycles. The lowest BCUT2D eigenvalue weighted by Gasteiger charge is -2.01. The van der Waals surface area contributed by atoms with Crippen molar-refractivity contribution in [3.8, 4) is 0 Å². The Hall–Kier alpha value is -2.09. The molecule has 0 saturated carbocycles. The van der Waals surface area contributed by atoms with Crippen LogP contribution in [-0.4, -0.2) is 11.1 Å². The van der Waals surface area contributed by atoms with E-state index < -0.39 is 5.97 Å². The van der Waals surface area contributed by atoms with Crippen LogP contribution in [0.15, 0.2) is 60.7 Å². The Bertz CT molecular complexity index is 461. The van der Waals surface area contributed by atoms with E-state index in [1.165, 1.54) is 5.56 Å². The maximum Gasteiger partial charge on any atom is 0.335 e. The average Bonchev–Trinajstić information content (AvgIpc) is 2.41. The van der Waals surface area contributed by atoms with Crippen molar-refractivity contribution in [2.24, 2.45) is 0 Å². The first-order valence-electron chi connectivity index (χ1n) is 5.94. The van der Waals surface area contributed by atoms with E-state index in [0.717, 1.165) is 0 Å². The summed E-state index contributed by atoms with van der Waals surface area (Å²) in [5, 5.41) is 8.38. The van der Waals surface area contributed by atoms with Gasteiger partial charge in [-0.3, -0.25) is 0 Å². The number of carboxylic acid groups (broad SMARTS) is 1. The van der Waals surface area contributed by atoms with Gasteiger partial charge < -0.3 is 5.11 Å². The molecule has 0 bridgehead atoms. The molecule has 0 spiro atoms. The maximum atomic E-state index is 10.2. The highest BCUT2D eigenvalue weighted by Gasteiger charge is 1.96. The smallest absolute Gasteiger partial charge is 0.335 e. The largest absolute Gasteiger partial charge is 0.478 e. The summed E-state index contributed by atoms with van der Waals surface area (Å²) in [6.45, 7) is 4.41. The maximum absolute atomic E-state index is 10.2. The lowest BCUT2D eigenvalue weighted by Crippen LogP contribution is -1.93. The van der Waals surface area contributed by atoms with Gasteiger partial charge in [-0.2, -0.15) is 0 Å². The molecule has 2 heteroatoms. The zero-order chi connectivity index (χ0) is 13.4. The fourth-order valence-electron chi connectivity index (χ4n) is 1.42. The number of carbonyl (C=O) groups is 1. The number of hydrogen-bond donors (Lipinski definition) is 1. The van der Waals surface area contributed by atoms with Crippen LogP contribution >= 0.6 is 0 Å². The van der Waals surface area contributed by atoms with Gasteiger partial charge >= 0.3 is 5.97 Å². The zero-order valence-electron chi connectivity index (χ0n) is 10.7. The van der Waals surface area contributed by atoms with Crippen LogP contribution in [0.3, 0.4) is 0 Å². The second kappa shape index (κ2) is 7.28. The van der Waals surface area contributed by atoms with Gasteiger partial charge in [0.15, 0.2) is 0 Å². The van der Waals surface area contributed by atoms with E-state index in [4.69, 9.17) is 5.11 Å². The second-order valence-corrected chi connectivity index (χ2v) is 4.24. The molecule has 0 aliphatic carbocycles. The van der Waals surface area contributed by atoms with E-state index in [2.05, 4.69) is 38.1 Å². The van der Waals surface area contributed by atoms with Crippen LogP contribution in [0.2, 0.25) is 0 Å². The predicted octanol–water partition coefficient (Wildman–Crippen LogP) is 4.19. The molecule has 0 unspecified atom stereocenters. The van der Waals surface area contributed by atoms with Crippen molar-refractivity contribution in [1.82, 2.24) is 0 Å². The quantitative estimate of drug-likeness (QED) is 0.857. The summed E-state index contributed by atoms with van der Waals surface area (Å²) in [6, 6.07) is 18.8. The first-order valence-corrected chi connectivity index (χ1v) is 5.94. The van der Waals surface area contributed by atoms with Gasteiger partial charge in [0.05, 0.1) is 5.56 Å². The number of carboxylic acids is 1. The molecule has 2 aromatic rings. The van der Waals surface area contributed by atoms with Crippen molar-refractivity contribution < 1.29 is 9.90 Å². The lowest BCUT2D eigenvalue weighted by molar-refractivity contribution is 0.0697. The molecule has 0 heterocycles. The fourth-order valence-corrected chi connectivity index (χ4v) is 1.42. The van der Waals surface area contributed by atoms with Crippen LogP contribution in [0, 0.1) is 0 Å². The van der Waals surface area contributed by atoms with Gasteiger partial charge in [0, 0.05) is 0 Å². The molecule has 18 heavy (non-hydrogen) atoms. The monoisotopic (exact) mass is 242 g/mol. The van der Waals surface area contributed by atoms with Crippen molar-refractivity contribution >= 4 is 5.97 Å². The van der Waals surface area contributed by atoms with Gasteiger partial charge in [0.2, 0.25) is 0 Å². The molecule has 94 valence electrons. The molecule has 0 aliphatic rings. The predicted molar refractivity (Wildman–Crippen MR) is 73.9 cm³/mol. The standard InChI is InChI=1S/C9H12.C7H6O2/c1-8(2)9-6-4-3-5-7-9;8-7(9)6-4-2-1-3-5-6/h3-8H,1-2H3;1-5H,(H,8,9). The van der Waals surface area contributed by atoms with E-state index in [0.29, 0.717) is 11.5 Å². The summed E-state index contributed by atoms with van der Waals surface area (Å²) in [6.07, 6.45) is 0. The highest BCUT2D eigenvalue weighted by Crippen LogP contribution is 2.11. The molecule has 1 N–H and O–H groups in total. The summed E-state index contributed by atoms with van der Waals surface area (Å²) in [7, 11) is 0. The zero-order valence-corrected chi connectivity index (χ0v) is 10.7. The highest BCUT2D eigenvalue weighted by atomic mass is 16.4. The topological polar surface area (TPSA) is 37.3 Å². The van der Waals surface area contributed by atoms with E-state index in [-0.39, 0.29) is 0 Å². The highest BCUT2D eigenvalue weighted by molar-refractivity contribution is 5.87. The first kappa shape index (κ1) is 14.0. The number of rotatable bonds is 2. The van der Waals surface area contributed by atoms with Crippen LogP contribution in [0.1, 0.15) is 35.7 Å². The molecule has 0 aliphatic heterocycles. The molecule has 0 saturated heterocycles. The SMILES string of the molecule is CC(C)c1ccccc1.O=C(O)c1ccccc1. The van der Waals surface area contributed by atoms with Crippen molar-refractivity contribution in [2.75, 3.05) is 0 Å². The van der Waals surface area contributed by atoms with Gasteiger partial charge in [-0.25, -0.2) is 4.79 Å². The Morgan fingerprint density at radius 1 is 0.889 bits per heavy atom. The number of benzene rings is 2. The molecule has 0 fully saturated rings. The third-order valence-electron chi connectivity index (χ3n) is 2.49. The molecular weight excluding hydrogens is 224 g/mol. The van der Waals surface area contributed by atoms with E-state index >= 15 is 0 Å². The van der Waals surface area contributed by atoms with Crippen LogP contribution in [-0.2, 0) is 0 Å². The van der Waals surface area contributed by atoms with Gasteiger partial charge in [-0.15, -0.1) is 0 Å². The van der Waals surface area contributed by atoms with Gasteiger partial charge in [0.1, 0.15) is 0 Å². The fraction of sp³-hybridized carbons (Fsp3) is 0.188. The van der Waals surface area contributed by atoms with Crippen molar-refractivity contribution in [1.29, 1.82) is 0 Å². The number of aromatic carboxylic acids is 1. The molecule has 2 rings (SSSR count). The van der Waals surface area contributed by atoms with Crippen molar-refractivity contribution in [2.45, 2.75) is 19.8 Å². The minimum absolute atomic E-state index is 0.331. The summed E-state index contributed by atoms with van der Waals surface area (Å²) in [5.74, 6) is -0.221. The number of hydrogen-bond acceptors (Lipinski definition) is 1. The van der Waals surface area contributed by atoms with Gasteiger partial charge in [0.25, 0.3) is 0 Å². The summed E-state index contributed by atoms with van der Waals surface area (Å²) < 4.78 is 0. The summed E-state index contributed by atoms with van der Waals surface area (Å²) >= 11 is 0. The summed E-state index contributed by atoms with van der Waals surface area (Å²) in [4.78, 5) is 10.2. The molecule has 2 aromatic carbocycles. The normalized spacial score (nSPS) is 9.50. The summed E-state index contributed by atoms with van der Waals surface area (Å²) in [5.41, 5.74) is 1.75. The third-order valence-corrected chi connectivity index (χ3v) is 2.49. The molecular formula is C16H18O2. The molecule has 2 nitrogen and oxygen atoms in total. The van der Waals surface area contributed by atoms with Crippen LogP contribution < -0.4 is 0 Å². The first-order chi connectivity index (χ1) is 8.61. The average molecular weight is 242 g/mol. The Morgan fingerprint density at radius 2 is 1.33 bits per heavy atom. The Morgan fingerprint density at radius 3 is 1.61 bits per heavy atom. The minimum atomic E-state index is -0.879. The second-order valence-electron chi connectivity index (χ2n) is 4.24. The molecule has 0 atom stereocenters. The lowest BCUT2D eigenvalue weighted by atomic mass is 10.0. The van der Waals surface area contributed by atoms with Gasteiger partial charge in [-0.1, -0.05) is 62.4 Å². The van der Waals surface area contributed by atoms with Gasteiger partial charge in [-0.05, 0) is 23.6 Å². The van der Waals surface area contributed by atoms with E-state index in [1.807, 2.05) is 6.07 Å². The Kier molecular flexibility index (Phi) is 5.65. The molecule has 0 amide bonds. The van der Waals surface area contributed by atoms with Crippen LogP contribution in [0.4, 0.5) is 0 Å². The van der Waals surface area contributed by atoms with Crippen molar-refractivity contribution in [3.05, 3.63) is 71.8 Å². The van der Waals surface area contributed by atoms with E-state index in [1.54, 1.807) is 30.3 Å². The Labute approximate surface area is 108 Å². The minimum Gasteiger partial charge on any atom is -0.478 e. The van der Waals surface area contributed by atoms with Crippen LogP contribution in [0.25, 0.3) is 0 Å². The van der Waals surface area contributed by atoms with Crippen molar-refractivity contribution in [3.63, 3.8) is 0 Å². The van der Waals surface area contributed by atoms with E-state index in [9.17, 15) is 4.79 Å². The Balaban J connectivity index is 0.000000180. The third kappa shape index (κ3) is 4.83. The molecule has 0 radical (unpaired) electrons. The van der Waals surface area contributed by atoms with Crippen LogP contribution in [0.5, 0.6) is 0 Å².